The van der Waals surface area contributed by atoms with Crippen LogP contribution in [0.15, 0.2) is 16.3 Å². The molecule has 1 fully saturated rings. The summed E-state index contributed by atoms with van der Waals surface area (Å²) in [6.45, 7) is 2.53. The van der Waals surface area contributed by atoms with Crippen LogP contribution in [0.25, 0.3) is 0 Å². The van der Waals surface area contributed by atoms with E-state index in [0.717, 1.165) is 17.7 Å². The molecule has 17 heavy (non-hydrogen) atoms. The highest BCUT2D eigenvalue weighted by molar-refractivity contribution is 7.89. The third-order valence-corrected chi connectivity index (χ3v) is 5.70. The molecule has 96 valence electrons. The largest absolute Gasteiger partial charge is 0.315 e. The predicted molar refractivity (Wildman–Crippen MR) is 69.6 cm³/mol. The second-order valence-electron chi connectivity index (χ2n) is 4.49. The number of nitrogens with one attached hydrogen (secondary N) is 2. The van der Waals surface area contributed by atoms with Crippen LogP contribution in [0.4, 0.5) is 0 Å². The Morgan fingerprint density at radius 1 is 1.53 bits per heavy atom. The fourth-order valence-corrected chi connectivity index (χ4v) is 4.63. The van der Waals surface area contributed by atoms with Crippen LogP contribution in [-0.4, -0.2) is 21.5 Å². The zero-order valence-corrected chi connectivity index (χ0v) is 11.7. The number of rotatable bonds is 6. The number of thiophene rings is 1. The van der Waals surface area contributed by atoms with Crippen LogP contribution < -0.4 is 10.0 Å². The molecule has 1 aromatic rings. The Bertz CT molecular complexity index is 477. The van der Waals surface area contributed by atoms with E-state index < -0.39 is 10.0 Å². The van der Waals surface area contributed by atoms with Crippen molar-refractivity contribution in [3.63, 3.8) is 0 Å². The summed E-state index contributed by atoms with van der Waals surface area (Å²) in [6, 6.07) is 1.72. The molecule has 1 aliphatic carbocycles. The highest BCUT2D eigenvalue weighted by Crippen LogP contribution is 2.33. The summed E-state index contributed by atoms with van der Waals surface area (Å²) in [5, 5.41) is 4.81. The third-order valence-electron chi connectivity index (χ3n) is 3.00. The zero-order chi connectivity index (χ0) is 12.5. The monoisotopic (exact) mass is 274 g/mol. The van der Waals surface area contributed by atoms with Crippen molar-refractivity contribution in [3.05, 3.63) is 16.3 Å². The van der Waals surface area contributed by atoms with Crippen molar-refractivity contribution in [2.75, 3.05) is 7.05 Å². The van der Waals surface area contributed by atoms with E-state index in [4.69, 9.17) is 0 Å². The van der Waals surface area contributed by atoms with Crippen LogP contribution in [0.3, 0.4) is 0 Å². The molecule has 0 spiro atoms. The first-order valence-electron chi connectivity index (χ1n) is 5.78. The van der Waals surface area contributed by atoms with Gasteiger partial charge in [0.2, 0.25) is 10.0 Å². The first-order chi connectivity index (χ1) is 8.04. The van der Waals surface area contributed by atoms with E-state index in [9.17, 15) is 8.42 Å². The highest BCUT2D eigenvalue weighted by Gasteiger charge is 2.32. The number of hydrogen-bond donors (Lipinski definition) is 2. The molecule has 0 saturated heterocycles. The lowest BCUT2D eigenvalue weighted by molar-refractivity contribution is 0.537. The first-order valence-corrected chi connectivity index (χ1v) is 8.14. The lowest BCUT2D eigenvalue weighted by Gasteiger charge is -2.13. The van der Waals surface area contributed by atoms with E-state index in [1.54, 1.807) is 6.07 Å². The lowest BCUT2D eigenvalue weighted by atomic mass is 10.2. The molecule has 1 atom stereocenters. The molecule has 0 bridgehead atoms. The van der Waals surface area contributed by atoms with Crippen molar-refractivity contribution in [2.45, 2.75) is 37.2 Å². The maximum atomic E-state index is 12.2. The van der Waals surface area contributed by atoms with E-state index in [1.165, 1.54) is 11.3 Å². The molecule has 0 aromatic carbocycles. The highest BCUT2D eigenvalue weighted by atomic mass is 32.2. The molecule has 1 saturated carbocycles. The van der Waals surface area contributed by atoms with E-state index in [2.05, 4.69) is 10.0 Å². The molecular formula is C11H18N2O2S2. The van der Waals surface area contributed by atoms with Gasteiger partial charge in [-0.25, -0.2) is 13.1 Å². The quantitative estimate of drug-likeness (QED) is 0.827. The third kappa shape index (κ3) is 3.07. The van der Waals surface area contributed by atoms with Gasteiger partial charge in [0, 0.05) is 17.5 Å². The molecule has 1 aliphatic rings. The van der Waals surface area contributed by atoms with Crippen LogP contribution in [0.5, 0.6) is 0 Å². The molecule has 0 radical (unpaired) electrons. The predicted octanol–water partition coefficient (Wildman–Crippen LogP) is 1.54. The summed E-state index contributed by atoms with van der Waals surface area (Å²) in [4.78, 5) is 1.28. The van der Waals surface area contributed by atoms with Crippen molar-refractivity contribution >= 4 is 21.4 Å². The Morgan fingerprint density at radius 2 is 2.24 bits per heavy atom. The van der Waals surface area contributed by atoms with Crippen LogP contribution in [0.1, 0.15) is 24.6 Å². The summed E-state index contributed by atoms with van der Waals surface area (Å²) < 4.78 is 27.2. The summed E-state index contributed by atoms with van der Waals surface area (Å²) in [5.41, 5.74) is 0. The van der Waals surface area contributed by atoms with Crippen molar-refractivity contribution in [3.8, 4) is 0 Å². The van der Waals surface area contributed by atoms with Gasteiger partial charge >= 0.3 is 0 Å². The summed E-state index contributed by atoms with van der Waals surface area (Å²) in [6.07, 6.45) is 2.27. The lowest BCUT2D eigenvalue weighted by Crippen LogP contribution is -2.34. The minimum Gasteiger partial charge on any atom is -0.315 e. The van der Waals surface area contributed by atoms with Gasteiger partial charge in [-0.15, -0.1) is 11.3 Å². The SMILES string of the molecule is CNCc1sccc1S(=O)(=O)NC(C)C1CC1. The topological polar surface area (TPSA) is 58.2 Å². The molecular weight excluding hydrogens is 256 g/mol. The average Bonchev–Trinajstić information content (AvgIpc) is 2.99. The normalized spacial score (nSPS) is 18.2. The fraction of sp³-hybridized carbons (Fsp3) is 0.636. The van der Waals surface area contributed by atoms with Gasteiger partial charge in [0.05, 0.1) is 4.90 Å². The van der Waals surface area contributed by atoms with E-state index >= 15 is 0 Å². The standard InChI is InChI=1S/C11H18N2O2S2/c1-8(9-3-4-9)13-17(14,15)11-5-6-16-10(11)7-12-2/h5-6,8-9,12-13H,3-4,7H2,1-2H3. The Hall–Kier alpha value is -0.430. The Balaban J connectivity index is 2.15. The number of sulfonamides is 1. The van der Waals surface area contributed by atoms with Gasteiger partial charge in [-0.1, -0.05) is 0 Å². The van der Waals surface area contributed by atoms with E-state index in [-0.39, 0.29) is 6.04 Å². The smallest absolute Gasteiger partial charge is 0.241 e. The van der Waals surface area contributed by atoms with Gasteiger partial charge in [0.25, 0.3) is 0 Å². The Morgan fingerprint density at radius 3 is 2.82 bits per heavy atom. The molecule has 2 rings (SSSR count). The molecule has 0 aliphatic heterocycles. The second kappa shape index (κ2) is 5.06. The van der Waals surface area contributed by atoms with Crippen LogP contribution in [-0.2, 0) is 16.6 Å². The molecule has 4 nitrogen and oxygen atoms in total. The van der Waals surface area contributed by atoms with Crippen LogP contribution >= 0.6 is 11.3 Å². The van der Waals surface area contributed by atoms with Gasteiger partial charge in [-0.2, -0.15) is 0 Å². The van der Waals surface area contributed by atoms with Crippen LogP contribution in [0, 0.1) is 5.92 Å². The van der Waals surface area contributed by atoms with E-state index in [0.29, 0.717) is 17.4 Å². The summed E-state index contributed by atoms with van der Waals surface area (Å²) in [7, 11) is -1.54. The van der Waals surface area contributed by atoms with Crippen molar-refractivity contribution in [1.29, 1.82) is 0 Å². The van der Waals surface area contributed by atoms with Crippen LogP contribution in [0.2, 0.25) is 0 Å². The number of hydrogen-bond acceptors (Lipinski definition) is 4. The van der Waals surface area contributed by atoms with Gasteiger partial charge in [0.1, 0.15) is 0 Å². The van der Waals surface area contributed by atoms with Gasteiger partial charge in [0.15, 0.2) is 0 Å². The molecule has 1 heterocycles. The molecule has 0 amide bonds. The van der Waals surface area contributed by atoms with Crippen molar-refractivity contribution in [1.82, 2.24) is 10.0 Å². The van der Waals surface area contributed by atoms with Crippen molar-refractivity contribution < 1.29 is 8.42 Å². The Kier molecular flexibility index (Phi) is 3.87. The maximum absolute atomic E-state index is 12.2. The second-order valence-corrected chi connectivity index (χ2v) is 7.17. The Labute approximate surface area is 106 Å². The summed E-state index contributed by atoms with van der Waals surface area (Å²) >= 11 is 1.47. The summed E-state index contributed by atoms with van der Waals surface area (Å²) in [5.74, 6) is 0.524. The molecule has 1 unspecified atom stereocenters. The van der Waals surface area contributed by atoms with E-state index in [1.807, 2.05) is 19.4 Å². The van der Waals surface area contributed by atoms with Gasteiger partial charge < -0.3 is 5.32 Å². The average molecular weight is 274 g/mol. The minimum atomic E-state index is -3.35. The maximum Gasteiger partial charge on any atom is 0.241 e. The zero-order valence-electron chi connectivity index (χ0n) is 10.1. The molecule has 6 heteroatoms. The minimum absolute atomic E-state index is 0.0438. The van der Waals surface area contributed by atoms with Gasteiger partial charge in [-0.3, -0.25) is 0 Å². The van der Waals surface area contributed by atoms with Gasteiger partial charge in [-0.05, 0) is 44.2 Å². The van der Waals surface area contributed by atoms with Crippen molar-refractivity contribution in [2.24, 2.45) is 5.92 Å². The first kappa shape index (κ1) is 13.0. The molecule has 1 aromatic heterocycles. The fourth-order valence-electron chi connectivity index (χ4n) is 1.86. The molecule has 2 N–H and O–H groups in total.